The van der Waals surface area contributed by atoms with Crippen LogP contribution in [-0.4, -0.2) is 36.9 Å². The molecule has 2 rings (SSSR count). The average Bonchev–Trinajstić information content (AvgIpc) is 2.51. The van der Waals surface area contributed by atoms with Gasteiger partial charge in [-0.2, -0.15) is 0 Å². The summed E-state index contributed by atoms with van der Waals surface area (Å²) in [7, 11) is 0. The molecule has 1 aliphatic rings. The third kappa shape index (κ3) is 6.29. The maximum Gasteiger partial charge on any atom is 0.407 e. The van der Waals surface area contributed by atoms with Crippen LogP contribution in [0.15, 0.2) is 18.2 Å². The van der Waals surface area contributed by atoms with Crippen LogP contribution in [0.5, 0.6) is 5.75 Å². The summed E-state index contributed by atoms with van der Waals surface area (Å²) in [5.41, 5.74) is 1.85. The number of fused-ring (bicyclic) bond motifs is 1. The van der Waals surface area contributed by atoms with Crippen LogP contribution in [-0.2, 0) is 27.1 Å². The number of hydrogen-bond donors (Lipinski definition) is 1. The minimum Gasteiger partial charge on any atom is -0.482 e. The number of carbonyl (C=O) groups is 2. The second kappa shape index (κ2) is 8.23. The second-order valence-corrected chi connectivity index (χ2v) is 7.11. The van der Waals surface area contributed by atoms with E-state index in [4.69, 9.17) is 14.2 Å². The van der Waals surface area contributed by atoms with Crippen molar-refractivity contribution in [2.45, 2.75) is 58.6 Å². The van der Waals surface area contributed by atoms with Crippen molar-refractivity contribution in [3.05, 3.63) is 29.3 Å². The second-order valence-electron chi connectivity index (χ2n) is 7.11. The van der Waals surface area contributed by atoms with Crippen LogP contribution in [0.4, 0.5) is 4.79 Å². The molecule has 0 aliphatic heterocycles. The van der Waals surface area contributed by atoms with Gasteiger partial charge in [-0.3, -0.25) is 0 Å². The molecular weight excluding hydrogens is 322 g/mol. The molecule has 0 aromatic heterocycles. The van der Waals surface area contributed by atoms with E-state index < -0.39 is 11.7 Å². The summed E-state index contributed by atoms with van der Waals surface area (Å²) in [6, 6.07) is 5.83. The van der Waals surface area contributed by atoms with Gasteiger partial charge in [0.05, 0.1) is 6.61 Å². The number of aryl methyl sites for hydroxylation is 1. The number of benzene rings is 1. The smallest absolute Gasteiger partial charge is 0.407 e. The normalized spacial score (nSPS) is 16.6. The molecule has 1 N–H and O–H groups in total. The summed E-state index contributed by atoms with van der Waals surface area (Å²) >= 11 is 0. The highest BCUT2D eigenvalue weighted by molar-refractivity contribution is 5.71. The number of carbonyl (C=O) groups excluding carboxylic acids is 2. The van der Waals surface area contributed by atoms with Gasteiger partial charge in [-0.15, -0.1) is 0 Å². The molecule has 1 atom stereocenters. The van der Waals surface area contributed by atoms with Crippen molar-refractivity contribution in [1.29, 1.82) is 0 Å². The Morgan fingerprint density at radius 1 is 1.24 bits per heavy atom. The van der Waals surface area contributed by atoms with E-state index in [1.165, 1.54) is 5.56 Å². The predicted molar refractivity (Wildman–Crippen MR) is 93.8 cm³/mol. The number of rotatable bonds is 5. The van der Waals surface area contributed by atoms with Gasteiger partial charge in [0, 0.05) is 6.04 Å². The largest absolute Gasteiger partial charge is 0.482 e. The zero-order valence-electron chi connectivity index (χ0n) is 15.4. The molecule has 0 heterocycles. The van der Waals surface area contributed by atoms with Crippen molar-refractivity contribution >= 4 is 12.1 Å². The first-order valence-electron chi connectivity index (χ1n) is 8.66. The molecule has 0 spiro atoms. The minimum absolute atomic E-state index is 0.0302. The number of hydrogen-bond acceptors (Lipinski definition) is 5. The lowest BCUT2D eigenvalue weighted by atomic mass is 9.88. The number of alkyl carbamates (subject to hydrolysis) is 1. The Labute approximate surface area is 148 Å². The Morgan fingerprint density at radius 2 is 2.00 bits per heavy atom. The molecule has 0 bridgehead atoms. The van der Waals surface area contributed by atoms with E-state index in [0.29, 0.717) is 18.8 Å². The highest BCUT2D eigenvalue weighted by Gasteiger charge is 2.23. The predicted octanol–water partition coefficient (Wildman–Crippen LogP) is 3.01. The van der Waals surface area contributed by atoms with Gasteiger partial charge in [0.25, 0.3) is 0 Å². The number of amides is 1. The summed E-state index contributed by atoms with van der Waals surface area (Å²) in [4.78, 5) is 23.3. The lowest BCUT2D eigenvalue weighted by Crippen LogP contribution is -2.41. The Balaban J connectivity index is 1.93. The molecule has 25 heavy (non-hydrogen) atoms. The van der Waals surface area contributed by atoms with Gasteiger partial charge in [-0.05, 0) is 70.2 Å². The molecule has 0 saturated heterocycles. The Kier molecular flexibility index (Phi) is 6.28. The van der Waals surface area contributed by atoms with E-state index in [2.05, 4.69) is 5.32 Å². The first-order valence-corrected chi connectivity index (χ1v) is 8.66. The van der Waals surface area contributed by atoms with E-state index in [0.717, 1.165) is 18.4 Å². The minimum atomic E-state index is -0.509. The van der Waals surface area contributed by atoms with E-state index in [1.54, 1.807) is 6.92 Å². The Bertz CT molecular complexity index is 621. The highest BCUT2D eigenvalue weighted by atomic mass is 16.6. The fourth-order valence-electron chi connectivity index (χ4n) is 2.77. The van der Waals surface area contributed by atoms with Gasteiger partial charge in [-0.1, -0.05) is 6.07 Å². The zero-order chi connectivity index (χ0) is 18.4. The monoisotopic (exact) mass is 349 g/mol. The van der Waals surface area contributed by atoms with Crippen molar-refractivity contribution in [2.24, 2.45) is 0 Å². The molecule has 0 radical (unpaired) electrons. The molecular formula is C19H27NO5. The molecule has 0 saturated carbocycles. The Morgan fingerprint density at radius 3 is 2.68 bits per heavy atom. The highest BCUT2D eigenvalue weighted by Crippen LogP contribution is 2.26. The third-order valence-corrected chi connectivity index (χ3v) is 3.79. The van der Waals surface area contributed by atoms with Gasteiger partial charge in [-0.25, -0.2) is 9.59 Å². The van der Waals surface area contributed by atoms with Gasteiger partial charge < -0.3 is 19.5 Å². The van der Waals surface area contributed by atoms with Crippen molar-refractivity contribution in [1.82, 2.24) is 5.32 Å². The SMILES string of the molecule is CCOC(=O)COc1ccc2c(c1)C[C@@H](NC(=O)OC(C)(C)C)CC2. The first-order chi connectivity index (χ1) is 11.8. The molecule has 0 fully saturated rings. The van der Waals surface area contributed by atoms with Crippen LogP contribution in [0.1, 0.15) is 45.2 Å². The lowest BCUT2D eigenvalue weighted by Gasteiger charge is -2.27. The van der Waals surface area contributed by atoms with Crippen LogP contribution < -0.4 is 10.1 Å². The fraction of sp³-hybridized carbons (Fsp3) is 0.579. The molecule has 0 unspecified atom stereocenters. The third-order valence-electron chi connectivity index (χ3n) is 3.79. The summed E-state index contributed by atoms with van der Waals surface area (Å²) in [5.74, 6) is 0.245. The van der Waals surface area contributed by atoms with E-state index in [1.807, 2.05) is 39.0 Å². The summed E-state index contributed by atoms with van der Waals surface area (Å²) in [6.45, 7) is 7.52. The summed E-state index contributed by atoms with van der Waals surface area (Å²) < 4.78 is 15.6. The van der Waals surface area contributed by atoms with Crippen LogP contribution >= 0.6 is 0 Å². The Hall–Kier alpha value is -2.24. The van der Waals surface area contributed by atoms with Crippen LogP contribution in [0.2, 0.25) is 0 Å². The van der Waals surface area contributed by atoms with E-state index >= 15 is 0 Å². The van der Waals surface area contributed by atoms with E-state index in [-0.39, 0.29) is 18.6 Å². The van der Waals surface area contributed by atoms with Gasteiger partial charge in [0.1, 0.15) is 11.4 Å². The van der Waals surface area contributed by atoms with Crippen molar-refractivity contribution < 1.29 is 23.8 Å². The van der Waals surface area contributed by atoms with Gasteiger partial charge >= 0.3 is 12.1 Å². The molecule has 6 nitrogen and oxygen atoms in total. The lowest BCUT2D eigenvalue weighted by molar-refractivity contribution is -0.145. The summed E-state index contributed by atoms with van der Waals surface area (Å²) in [5, 5.41) is 2.93. The standard InChI is InChI=1S/C19H27NO5/c1-5-23-17(21)12-24-16-9-7-13-6-8-15(10-14(13)11-16)20-18(22)25-19(2,3)4/h7,9,11,15H,5-6,8,10,12H2,1-4H3,(H,20,22)/t15-/m0/s1. The van der Waals surface area contributed by atoms with Crippen LogP contribution in [0.3, 0.4) is 0 Å². The topological polar surface area (TPSA) is 73.9 Å². The first kappa shape index (κ1) is 19.1. The van der Waals surface area contributed by atoms with Crippen molar-refractivity contribution in [3.63, 3.8) is 0 Å². The summed E-state index contributed by atoms with van der Waals surface area (Å²) in [6.07, 6.45) is 2.07. The number of esters is 1. The quantitative estimate of drug-likeness (QED) is 0.827. The molecule has 1 aromatic carbocycles. The molecule has 1 amide bonds. The van der Waals surface area contributed by atoms with Crippen LogP contribution in [0.25, 0.3) is 0 Å². The molecule has 1 aromatic rings. The number of ether oxygens (including phenoxy) is 3. The molecule has 1 aliphatic carbocycles. The van der Waals surface area contributed by atoms with Crippen molar-refractivity contribution in [3.8, 4) is 5.75 Å². The molecule has 138 valence electrons. The van der Waals surface area contributed by atoms with E-state index in [9.17, 15) is 9.59 Å². The maximum absolute atomic E-state index is 11.9. The average molecular weight is 349 g/mol. The van der Waals surface area contributed by atoms with Crippen molar-refractivity contribution in [2.75, 3.05) is 13.2 Å². The zero-order valence-corrected chi connectivity index (χ0v) is 15.4. The maximum atomic E-state index is 11.9. The number of nitrogens with one attached hydrogen (secondary N) is 1. The van der Waals surface area contributed by atoms with Gasteiger partial charge in [0.15, 0.2) is 6.61 Å². The molecule has 6 heteroatoms. The van der Waals surface area contributed by atoms with Crippen LogP contribution in [0, 0.1) is 0 Å². The van der Waals surface area contributed by atoms with Gasteiger partial charge in [0.2, 0.25) is 0 Å². The fourth-order valence-corrected chi connectivity index (χ4v) is 2.77.